The lowest BCUT2D eigenvalue weighted by Crippen LogP contribution is -2.36. The predicted molar refractivity (Wildman–Crippen MR) is 91.3 cm³/mol. The van der Waals surface area contributed by atoms with Crippen molar-refractivity contribution in [2.24, 2.45) is 5.92 Å². The quantitative estimate of drug-likeness (QED) is 0.851. The molecule has 0 aromatic heterocycles. The Bertz CT molecular complexity index is 596. The lowest BCUT2D eigenvalue weighted by atomic mass is 9.95. The van der Waals surface area contributed by atoms with E-state index in [1.54, 1.807) is 0 Å². The van der Waals surface area contributed by atoms with E-state index in [1.807, 2.05) is 25.1 Å². The Balaban J connectivity index is 0.00000242. The SMILES string of the molecule is Cc1ccc([C@H]2OCCNC[C@@H]2CNS(C)(=O)=O)cc1Cl.Cl. The van der Waals surface area contributed by atoms with Crippen molar-refractivity contribution in [3.63, 3.8) is 0 Å². The first-order chi connectivity index (χ1) is 9.87. The van der Waals surface area contributed by atoms with Gasteiger partial charge in [0.2, 0.25) is 10.0 Å². The summed E-state index contributed by atoms with van der Waals surface area (Å²) in [6, 6.07) is 5.85. The fraction of sp³-hybridized carbons (Fsp3) is 0.571. The number of hydrogen-bond donors (Lipinski definition) is 2. The third-order valence-electron chi connectivity index (χ3n) is 3.54. The van der Waals surface area contributed by atoms with Crippen LogP contribution in [0.5, 0.6) is 0 Å². The van der Waals surface area contributed by atoms with Crippen LogP contribution in [0.25, 0.3) is 0 Å². The Morgan fingerprint density at radius 1 is 1.45 bits per heavy atom. The van der Waals surface area contributed by atoms with E-state index in [9.17, 15) is 8.42 Å². The normalized spacial score (nSPS) is 22.7. The maximum Gasteiger partial charge on any atom is 0.208 e. The van der Waals surface area contributed by atoms with E-state index in [1.165, 1.54) is 0 Å². The first-order valence-electron chi connectivity index (χ1n) is 6.90. The summed E-state index contributed by atoms with van der Waals surface area (Å²) in [5, 5.41) is 3.96. The first-order valence-corrected chi connectivity index (χ1v) is 9.17. The average Bonchev–Trinajstić information content (AvgIpc) is 2.64. The van der Waals surface area contributed by atoms with Crippen molar-refractivity contribution >= 4 is 34.0 Å². The molecule has 1 aliphatic heterocycles. The van der Waals surface area contributed by atoms with Crippen molar-refractivity contribution in [2.45, 2.75) is 13.0 Å². The predicted octanol–water partition coefficient (Wildman–Crippen LogP) is 1.90. The van der Waals surface area contributed by atoms with Crippen LogP contribution in [0.3, 0.4) is 0 Å². The molecule has 2 N–H and O–H groups in total. The second-order valence-electron chi connectivity index (χ2n) is 5.38. The highest BCUT2D eigenvalue weighted by molar-refractivity contribution is 7.88. The molecule has 126 valence electrons. The lowest BCUT2D eigenvalue weighted by molar-refractivity contribution is 0.0322. The van der Waals surface area contributed by atoms with Crippen LogP contribution in [0.1, 0.15) is 17.2 Å². The summed E-state index contributed by atoms with van der Waals surface area (Å²) in [7, 11) is -3.22. The van der Waals surface area contributed by atoms with Gasteiger partial charge in [0.1, 0.15) is 0 Å². The topological polar surface area (TPSA) is 67.4 Å². The van der Waals surface area contributed by atoms with Gasteiger partial charge in [-0.25, -0.2) is 13.1 Å². The van der Waals surface area contributed by atoms with Crippen molar-refractivity contribution in [3.8, 4) is 0 Å². The van der Waals surface area contributed by atoms with Gasteiger partial charge in [-0.2, -0.15) is 0 Å². The van der Waals surface area contributed by atoms with E-state index in [0.29, 0.717) is 24.7 Å². The van der Waals surface area contributed by atoms with Gasteiger partial charge in [-0.1, -0.05) is 23.7 Å². The van der Waals surface area contributed by atoms with E-state index in [-0.39, 0.29) is 24.4 Å². The number of ether oxygens (including phenoxy) is 1. The van der Waals surface area contributed by atoms with Gasteiger partial charge in [-0.05, 0) is 24.1 Å². The van der Waals surface area contributed by atoms with Gasteiger partial charge in [-0.3, -0.25) is 0 Å². The molecule has 0 amide bonds. The molecule has 2 rings (SSSR count). The Morgan fingerprint density at radius 2 is 2.18 bits per heavy atom. The molecule has 0 spiro atoms. The number of rotatable bonds is 4. The van der Waals surface area contributed by atoms with Crippen molar-refractivity contribution in [1.82, 2.24) is 10.0 Å². The minimum absolute atomic E-state index is 0. The van der Waals surface area contributed by atoms with E-state index < -0.39 is 10.0 Å². The Kier molecular flexibility index (Phi) is 7.58. The number of benzene rings is 1. The maximum absolute atomic E-state index is 11.3. The summed E-state index contributed by atoms with van der Waals surface area (Å²) in [6.45, 7) is 4.32. The van der Waals surface area contributed by atoms with Gasteiger partial charge >= 0.3 is 0 Å². The fourth-order valence-electron chi connectivity index (χ4n) is 2.38. The van der Waals surface area contributed by atoms with Crippen LogP contribution in [0, 0.1) is 12.8 Å². The number of halogens is 2. The summed E-state index contributed by atoms with van der Waals surface area (Å²) >= 11 is 6.19. The monoisotopic (exact) mass is 368 g/mol. The van der Waals surface area contributed by atoms with Gasteiger partial charge in [0.05, 0.1) is 19.0 Å². The van der Waals surface area contributed by atoms with E-state index >= 15 is 0 Å². The second-order valence-corrected chi connectivity index (χ2v) is 7.63. The zero-order chi connectivity index (χ0) is 15.5. The van der Waals surface area contributed by atoms with Crippen molar-refractivity contribution in [2.75, 3.05) is 32.5 Å². The van der Waals surface area contributed by atoms with Crippen LogP contribution in [-0.4, -0.2) is 40.9 Å². The highest BCUT2D eigenvalue weighted by Crippen LogP contribution is 2.30. The highest BCUT2D eigenvalue weighted by atomic mass is 35.5. The van der Waals surface area contributed by atoms with E-state index in [0.717, 1.165) is 23.9 Å². The zero-order valence-corrected chi connectivity index (χ0v) is 15.0. The molecule has 0 unspecified atom stereocenters. The molecule has 1 aliphatic rings. The molecule has 2 atom stereocenters. The zero-order valence-electron chi connectivity index (χ0n) is 12.6. The first kappa shape index (κ1) is 19.7. The maximum atomic E-state index is 11.3. The Labute approximate surface area is 143 Å². The van der Waals surface area contributed by atoms with Crippen molar-refractivity contribution < 1.29 is 13.2 Å². The lowest BCUT2D eigenvalue weighted by Gasteiger charge is -2.25. The molecule has 1 fully saturated rings. The third-order valence-corrected chi connectivity index (χ3v) is 4.64. The minimum atomic E-state index is -3.22. The van der Waals surface area contributed by atoms with E-state index in [4.69, 9.17) is 16.3 Å². The summed E-state index contributed by atoms with van der Waals surface area (Å²) in [6.07, 6.45) is 0.989. The van der Waals surface area contributed by atoms with Crippen LogP contribution in [0.15, 0.2) is 18.2 Å². The Morgan fingerprint density at radius 3 is 2.82 bits per heavy atom. The minimum Gasteiger partial charge on any atom is -0.372 e. The molecule has 8 heteroatoms. The average molecular weight is 369 g/mol. The summed E-state index contributed by atoms with van der Waals surface area (Å²) in [4.78, 5) is 0. The summed E-state index contributed by atoms with van der Waals surface area (Å²) in [5.74, 6) is 0.0148. The summed E-state index contributed by atoms with van der Waals surface area (Å²) < 4.78 is 31.1. The molecule has 22 heavy (non-hydrogen) atoms. The molecule has 1 aromatic carbocycles. The van der Waals surface area contributed by atoms with Gasteiger partial charge in [0.15, 0.2) is 0 Å². The summed E-state index contributed by atoms with van der Waals surface area (Å²) in [5.41, 5.74) is 1.99. The van der Waals surface area contributed by atoms with Crippen LogP contribution in [0.4, 0.5) is 0 Å². The van der Waals surface area contributed by atoms with Crippen LogP contribution in [0.2, 0.25) is 5.02 Å². The molecule has 0 radical (unpaired) electrons. The van der Waals surface area contributed by atoms with Gasteiger partial charge in [0.25, 0.3) is 0 Å². The molecule has 0 aliphatic carbocycles. The number of nitrogens with one attached hydrogen (secondary N) is 2. The largest absolute Gasteiger partial charge is 0.372 e. The number of aryl methyl sites for hydroxylation is 1. The molecule has 0 saturated carbocycles. The van der Waals surface area contributed by atoms with Gasteiger partial charge < -0.3 is 10.1 Å². The number of hydrogen-bond acceptors (Lipinski definition) is 4. The number of sulfonamides is 1. The molecule has 5 nitrogen and oxygen atoms in total. The molecule has 1 heterocycles. The second kappa shape index (κ2) is 8.47. The third kappa shape index (κ3) is 5.68. The van der Waals surface area contributed by atoms with Gasteiger partial charge in [0, 0.05) is 30.6 Å². The molecule has 0 bridgehead atoms. The molecular formula is C14H22Cl2N2O3S. The van der Waals surface area contributed by atoms with Crippen molar-refractivity contribution in [1.29, 1.82) is 0 Å². The smallest absolute Gasteiger partial charge is 0.208 e. The van der Waals surface area contributed by atoms with E-state index in [2.05, 4.69) is 10.0 Å². The fourth-order valence-corrected chi connectivity index (χ4v) is 3.09. The standard InChI is InChI=1S/C14H21ClN2O3S.ClH/c1-10-3-4-11(7-13(10)15)14-12(8-16-5-6-20-14)9-17-21(2,18)19;/h3-4,7,12,14,16-17H,5-6,8-9H2,1-2H3;1H/t12-,14-;/m1./s1. The molecular weight excluding hydrogens is 347 g/mol. The molecule has 1 aromatic rings. The van der Waals surface area contributed by atoms with Crippen LogP contribution < -0.4 is 10.0 Å². The van der Waals surface area contributed by atoms with Crippen LogP contribution in [-0.2, 0) is 14.8 Å². The van der Waals surface area contributed by atoms with Crippen LogP contribution >= 0.6 is 24.0 Å². The Hall–Kier alpha value is -0.370. The highest BCUT2D eigenvalue weighted by Gasteiger charge is 2.27. The molecule has 1 saturated heterocycles. The van der Waals surface area contributed by atoms with Crippen molar-refractivity contribution in [3.05, 3.63) is 34.3 Å². The van der Waals surface area contributed by atoms with Gasteiger partial charge in [-0.15, -0.1) is 12.4 Å².